The highest BCUT2D eigenvalue weighted by molar-refractivity contribution is 4.74. The van der Waals surface area contributed by atoms with Crippen LogP contribution >= 0.6 is 0 Å². The van der Waals surface area contributed by atoms with Crippen LogP contribution in [0.4, 0.5) is 0 Å². The van der Waals surface area contributed by atoms with Crippen LogP contribution in [0.5, 0.6) is 0 Å². The summed E-state index contributed by atoms with van der Waals surface area (Å²) in [4.78, 5) is 0. The predicted molar refractivity (Wildman–Crippen MR) is 34.8 cm³/mol. The zero-order valence-corrected chi connectivity index (χ0v) is 5.31. The summed E-state index contributed by atoms with van der Waals surface area (Å²) in [6.07, 6.45) is 4.01. The van der Waals surface area contributed by atoms with E-state index < -0.39 is 0 Å². The summed E-state index contributed by atoms with van der Waals surface area (Å²) >= 11 is 0. The van der Waals surface area contributed by atoms with Crippen molar-refractivity contribution in [1.82, 2.24) is 0 Å². The van der Waals surface area contributed by atoms with E-state index in [-0.39, 0.29) is 0 Å². The van der Waals surface area contributed by atoms with E-state index >= 15 is 0 Å². The number of methoxy groups -OCH3 is 1. The summed E-state index contributed by atoms with van der Waals surface area (Å²) in [6, 6.07) is 0. The number of hydrogen-bond acceptors (Lipinski definition) is 1. The fourth-order valence-electron chi connectivity index (χ4n) is 0.432. The fraction of sp³-hybridized carbons (Fsp3) is 0.571. The predicted octanol–water partition coefficient (Wildman–Crippen LogP) is 1.75. The summed E-state index contributed by atoms with van der Waals surface area (Å²) in [7, 11) is 1.71. The van der Waals surface area contributed by atoms with Crippen LogP contribution in [0.2, 0.25) is 0 Å². The normalized spacial score (nSPS) is 8.12. The second-order valence-corrected chi connectivity index (χ2v) is 1.54. The van der Waals surface area contributed by atoms with Gasteiger partial charge in [0.1, 0.15) is 0 Å². The molecular formula is C7H12O. The van der Waals surface area contributed by atoms with Crippen molar-refractivity contribution in [3.8, 4) is 0 Å². The van der Waals surface area contributed by atoms with Crippen LogP contribution < -0.4 is 0 Å². The van der Waals surface area contributed by atoms with Gasteiger partial charge >= 0.3 is 0 Å². The van der Waals surface area contributed by atoms with Crippen molar-refractivity contribution >= 4 is 0 Å². The molecule has 0 aromatic rings. The molecule has 0 saturated carbocycles. The maximum absolute atomic E-state index is 4.82. The highest BCUT2D eigenvalue weighted by atomic mass is 16.5. The van der Waals surface area contributed by atoms with Gasteiger partial charge in [-0.2, -0.15) is 0 Å². The van der Waals surface area contributed by atoms with E-state index in [1.165, 1.54) is 0 Å². The van der Waals surface area contributed by atoms with Crippen LogP contribution in [0.1, 0.15) is 12.8 Å². The Hall–Kier alpha value is -0.520. The molecule has 0 saturated heterocycles. The smallest absolute Gasteiger partial charge is 0.0465 e. The lowest BCUT2D eigenvalue weighted by atomic mass is 10.3. The first kappa shape index (κ1) is 7.48. The van der Waals surface area contributed by atoms with Gasteiger partial charge in [0, 0.05) is 13.7 Å². The van der Waals surface area contributed by atoms with Gasteiger partial charge in [0.05, 0.1) is 0 Å². The number of hydrogen-bond donors (Lipinski definition) is 0. The summed E-state index contributed by atoms with van der Waals surface area (Å²) in [6.45, 7) is 4.27. The Kier molecular flexibility index (Phi) is 6.06. The van der Waals surface area contributed by atoms with Crippen LogP contribution in [-0.4, -0.2) is 13.7 Å². The minimum absolute atomic E-state index is 0.832. The van der Waals surface area contributed by atoms with Crippen molar-refractivity contribution in [2.24, 2.45) is 0 Å². The molecule has 0 aliphatic rings. The number of allylic oxidation sites excluding steroid dienone is 1. The molecule has 0 aromatic heterocycles. The Morgan fingerprint density at radius 1 is 1.75 bits per heavy atom. The molecule has 0 N–H and O–H groups in total. The third kappa shape index (κ3) is 5.48. The molecule has 0 atom stereocenters. The summed E-state index contributed by atoms with van der Waals surface area (Å²) in [5.74, 6) is 0. The highest BCUT2D eigenvalue weighted by Gasteiger charge is 1.78. The molecule has 0 spiro atoms. The summed E-state index contributed by atoms with van der Waals surface area (Å²) in [5.41, 5.74) is 2.70. The molecule has 0 aliphatic carbocycles. The van der Waals surface area contributed by atoms with Crippen molar-refractivity contribution in [2.75, 3.05) is 13.7 Å². The molecule has 0 amide bonds. The molecule has 0 rings (SSSR count). The molecule has 1 heteroatoms. The molecular weight excluding hydrogens is 100 g/mol. The topological polar surface area (TPSA) is 9.23 Å². The Labute approximate surface area is 50.7 Å². The largest absolute Gasteiger partial charge is 0.385 e. The second kappa shape index (κ2) is 6.48. The van der Waals surface area contributed by atoms with E-state index in [0.717, 1.165) is 19.4 Å². The third-order valence-electron chi connectivity index (χ3n) is 0.841. The number of ether oxygens (including phenoxy) is 1. The Morgan fingerprint density at radius 2 is 2.50 bits per heavy atom. The van der Waals surface area contributed by atoms with Gasteiger partial charge in [-0.15, -0.1) is 5.73 Å². The van der Waals surface area contributed by atoms with E-state index in [0.29, 0.717) is 0 Å². The molecule has 0 bridgehead atoms. The minimum atomic E-state index is 0.832. The minimum Gasteiger partial charge on any atom is -0.385 e. The number of rotatable bonds is 4. The molecule has 0 unspecified atom stereocenters. The highest BCUT2D eigenvalue weighted by Crippen LogP contribution is 1.87. The van der Waals surface area contributed by atoms with Crippen molar-refractivity contribution in [3.05, 3.63) is 18.4 Å². The second-order valence-electron chi connectivity index (χ2n) is 1.54. The van der Waals surface area contributed by atoms with Crippen LogP contribution in [0.3, 0.4) is 0 Å². The third-order valence-corrected chi connectivity index (χ3v) is 0.841. The molecule has 0 aromatic carbocycles. The number of unbranched alkanes of at least 4 members (excludes halogenated alkanes) is 1. The van der Waals surface area contributed by atoms with Crippen LogP contribution in [-0.2, 0) is 4.74 Å². The van der Waals surface area contributed by atoms with Crippen molar-refractivity contribution in [3.63, 3.8) is 0 Å². The standard InChI is InChI=1S/C7H12O/c1-3-4-5-6-7-8-2/h4H,1,5-7H2,2H3. The van der Waals surface area contributed by atoms with Crippen molar-refractivity contribution < 1.29 is 4.74 Å². The molecule has 0 radical (unpaired) electrons. The fourth-order valence-corrected chi connectivity index (χ4v) is 0.432. The maximum atomic E-state index is 4.82. The van der Waals surface area contributed by atoms with Crippen LogP contribution in [0.15, 0.2) is 18.4 Å². The van der Waals surface area contributed by atoms with E-state index in [1.54, 1.807) is 7.11 Å². The average Bonchev–Trinajstić information content (AvgIpc) is 1.81. The average molecular weight is 112 g/mol. The van der Waals surface area contributed by atoms with Crippen molar-refractivity contribution in [2.45, 2.75) is 12.8 Å². The SMILES string of the molecule is C=C=CCCCOC. The zero-order chi connectivity index (χ0) is 6.24. The Bertz CT molecular complexity index is 80.4. The lowest BCUT2D eigenvalue weighted by molar-refractivity contribution is 0.196. The van der Waals surface area contributed by atoms with Gasteiger partial charge in [0.25, 0.3) is 0 Å². The molecule has 0 heterocycles. The summed E-state index contributed by atoms with van der Waals surface area (Å²) < 4.78 is 4.82. The lowest BCUT2D eigenvalue weighted by Crippen LogP contribution is -1.84. The van der Waals surface area contributed by atoms with Gasteiger partial charge in [-0.3, -0.25) is 0 Å². The molecule has 0 fully saturated rings. The van der Waals surface area contributed by atoms with Gasteiger partial charge in [-0.25, -0.2) is 0 Å². The van der Waals surface area contributed by atoms with Crippen molar-refractivity contribution in [1.29, 1.82) is 0 Å². The molecule has 1 nitrogen and oxygen atoms in total. The van der Waals surface area contributed by atoms with E-state index in [4.69, 9.17) is 4.74 Å². The zero-order valence-electron chi connectivity index (χ0n) is 5.31. The lowest BCUT2D eigenvalue weighted by Gasteiger charge is -1.90. The van der Waals surface area contributed by atoms with Crippen LogP contribution in [0, 0.1) is 0 Å². The Balaban J connectivity index is 2.82. The van der Waals surface area contributed by atoms with Gasteiger partial charge in [0.2, 0.25) is 0 Å². The Morgan fingerprint density at radius 3 is 3.00 bits per heavy atom. The quantitative estimate of drug-likeness (QED) is 0.397. The summed E-state index contributed by atoms with van der Waals surface area (Å²) in [5, 5.41) is 0. The van der Waals surface area contributed by atoms with E-state index in [1.807, 2.05) is 6.08 Å². The maximum Gasteiger partial charge on any atom is 0.0465 e. The van der Waals surface area contributed by atoms with Gasteiger partial charge in [0.15, 0.2) is 0 Å². The molecule has 8 heavy (non-hydrogen) atoms. The monoisotopic (exact) mass is 112 g/mol. The first-order chi connectivity index (χ1) is 3.91. The van der Waals surface area contributed by atoms with E-state index in [9.17, 15) is 0 Å². The van der Waals surface area contributed by atoms with Crippen LogP contribution in [0.25, 0.3) is 0 Å². The van der Waals surface area contributed by atoms with Gasteiger partial charge in [-0.05, 0) is 18.9 Å². The van der Waals surface area contributed by atoms with Gasteiger partial charge in [-0.1, -0.05) is 6.58 Å². The first-order valence-corrected chi connectivity index (χ1v) is 2.75. The first-order valence-electron chi connectivity index (χ1n) is 2.75. The van der Waals surface area contributed by atoms with Gasteiger partial charge < -0.3 is 4.74 Å². The molecule has 0 aliphatic heterocycles. The van der Waals surface area contributed by atoms with E-state index in [2.05, 4.69) is 12.3 Å². The molecule has 46 valence electrons.